The molecule has 1 unspecified atom stereocenters. The largest absolute Gasteiger partial charge is 0.481 e. The van der Waals surface area contributed by atoms with Crippen LogP contribution in [0.3, 0.4) is 0 Å². The number of carboxylic acids is 1. The Bertz CT molecular complexity index is 514. The van der Waals surface area contributed by atoms with Crippen LogP contribution in [0, 0.1) is 0 Å². The SMILES string of the molecule is NC1Cc2ccc(C(=O)NCCCCC(=O)O)cc2C1. The van der Waals surface area contributed by atoms with Crippen molar-refractivity contribution in [3.63, 3.8) is 0 Å². The minimum atomic E-state index is -0.800. The number of rotatable bonds is 6. The van der Waals surface area contributed by atoms with Crippen molar-refractivity contribution in [1.82, 2.24) is 5.32 Å². The van der Waals surface area contributed by atoms with E-state index in [-0.39, 0.29) is 18.4 Å². The molecule has 5 heteroatoms. The van der Waals surface area contributed by atoms with Gasteiger partial charge in [0.2, 0.25) is 0 Å². The van der Waals surface area contributed by atoms with Crippen LogP contribution in [0.1, 0.15) is 40.7 Å². The van der Waals surface area contributed by atoms with Crippen LogP contribution >= 0.6 is 0 Å². The van der Waals surface area contributed by atoms with Gasteiger partial charge in [-0.05, 0) is 48.9 Å². The fourth-order valence-electron chi connectivity index (χ4n) is 2.50. The summed E-state index contributed by atoms with van der Waals surface area (Å²) in [7, 11) is 0. The molecule has 0 radical (unpaired) electrons. The van der Waals surface area contributed by atoms with Crippen LogP contribution in [0.2, 0.25) is 0 Å². The minimum absolute atomic E-state index is 0.108. The second-order valence-electron chi connectivity index (χ2n) is 5.26. The first-order chi connectivity index (χ1) is 9.56. The van der Waals surface area contributed by atoms with Gasteiger partial charge in [-0.3, -0.25) is 9.59 Å². The zero-order chi connectivity index (χ0) is 14.5. The molecule has 0 aliphatic heterocycles. The quantitative estimate of drug-likeness (QED) is 0.678. The first-order valence-corrected chi connectivity index (χ1v) is 6.93. The minimum Gasteiger partial charge on any atom is -0.481 e. The van der Waals surface area contributed by atoms with Gasteiger partial charge in [0, 0.05) is 24.6 Å². The zero-order valence-electron chi connectivity index (χ0n) is 11.4. The Kier molecular flexibility index (Phi) is 4.74. The molecule has 2 rings (SSSR count). The molecule has 0 fully saturated rings. The summed E-state index contributed by atoms with van der Waals surface area (Å²) in [6, 6.07) is 5.87. The highest BCUT2D eigenvalue weighted by molar-refractivity contribution is 5.94. The highest BCUT2D eigenvalue weighted by Crippen LogP contribution is 2.22. The van der Waals surface area contributed by atoms with E-state index in [1.165, 1.54) is 5.56 Å². The van der Waals surface area contributed by atoms with E-state index in [0.717, 1.165) is 18.4 Å². The van der Waals surface area contributed by atoms with Gasteiger partial charge >= 0.3 is 5.97 Å². The summed E-state index contributed by atoms with van der Waals surface area (Å²) < 4.78 is 0. The van der Waals surface area contributed by atoms with Crippen molar-refractivity contribution in [2.45, 2.75) is 38.1 Å². The van der Waals surface area contributed by atoms with E-state index in [4.69, 9.17) is 10.8 Å². The lowest BCUT2D eigenvalue weighted by Gasteiger charge is -2.06. The van der Waals surface area contributed by atoms with Gasteiger partial charge in [0.1, 0.15) is 0 Å². The molecule has 5 nitrogen and oxygen atoms in total. The Morgan fingerprint density at radius 1 is 1.25 bits per heavy atom. The lowest BCUT2D eigenvalue weighted by Crippen LogP contribution is -2.24. The molecule has 1 amide bonds. The Morgan fingerprint density at radius 3 is 2.75 bits per heavy atom. The number of fused-ring (bicyclic) bond motifs is 1. The Morgan fingerprint density at radius 2 is 2.00 bits per heavy atom. The predicted molar refractivity (Wildman–Crippen MR) is 75.6 cm³/mol. The van der Waals surface area contributed by atoms with Gasteiger partial charge in [-0.25, -0.2) is 0 Å². The summed E-state index contributed by atoms with van der Waals surface area (Å²) in [5.41, 5.74) is 8.94. The van der Waals surface area contributed by atoms with E-state index in [1.54, 1.807) is 0 Å². The fourth-order valence-corrected chi connectivity index (χ4v) is 2.50. The number of unbranched alkanes of at least 4 members (excludes halogenated alkanes) is 1. The maximum absolute atomic E-state index is 12.0. The van der Waals surface area contributed by atoms with Crippen LogP contribution in [0.25, 0.3) is 0 Å². The highest BCUT2D eigenvalue weighted by atomic mass is 16.4. The van der Waals surface area contributed by atoms with Crippen molar-refractivity contribution in [2.24, 2.45) is 5.73 Å². The molecule has 0 saturated carbocycles. The van der Waals surface area contributed by atoms with Crippen LogP contribution in [0.15, 0.2) is 18.2 Å². The predicted octanol–water partition coefficient (Wildman–Crippen LogP) is 1.10. The van der Waals surface area contributed by atoms with Gasteiger partial charge in [0.15, 0.2) is 0 Å². The summed E-state index contributed by atoms with van der Waals surface area (Å²) in [4.78, 5) is 22.3. The maximum atomic E-state index is 12.0. The lowest BCUT2D eigenvalue weighted by atomic mass is 10.1. The van der Waals surface area contributed by atoms with Crippen LogP contribution in [0.5, 0.6) is 0 Å². The maximum Gasteiger partial charge on any atom is 0.303 e. The van der Waals surface area contributed by atoms with Crippen molar-refractivity contribution < 1.29 is 14.7 Å². The van der Waals surface area contributed by atoms with Gasteiger partial charge in [-0.2, -0.15) is 0 Å². The number of amides is 1. The van der Waals surface area contributed by atoms with Gasteiger partial charge in [0.05, 0.1) is 0 Å². The Balaban J connectivity index is 1.81. The second-order valence-corrected chi connectivity index (χ2v) is 5.26. The number of hydrogen-bond donors (Lipinski definition) is 3. The normalized spacial score (nSPS) is 16.8. The zero-order valence-corrected chi connectivity index (χ0v) is 11.4. The monoisotopic (exact) mass is 276 g/mol. The first kappa shape index (κ1) is 14.5. The third-order valence-corrected chi connectivity index (χ3v) is 3.54. The van der Waals surface area contributed by atoms with E-state index in [9.17, 15) is 9.59 Å². The number of carbonyl (C=O) groups excluding carboxylic acids is 1. The van der Waals surface area contributed by atoms with Gasteiger partial charge in [-0.15, -0.1) is 0 Å². The molecule has 1 aliphatic carbocycles. The summed E-state index contributed by atoms with van der Waals surface area (Å²) >= 11 is 0. The smallest absolute Gasteiger partial charge is 0.303 e. The molecule has 0 spiro atoms. The lowest BCUT2D eigenvalue weighted by molar-refractivity contribution is -0.137. The Labute approximate surface area is 118 Å². The molecule has 20 heavy (non-hydrogen) atoms. The summed E-state index contributed by atoms with van der Waals surface area (Å²) in [6.07, 6.45) is 3.11. The molecular formula is C15H20N2O3. The number of nitrogens with two attached hydrogens (primary N) is 1. The number of nitrogens with one attached hydrogen (secondary N) is 1. The average Bonchev–Trinajstić information content (AvgIpc) is 2.76. The molecule has 1 aliphatic rings. The second kappa shape index (κ2) is 6.52. The van der Waals surface area contributed by atoms with Crippen molar-refractivity contribution >= 4 is 11.9 Å². The number of carbonyl (C=O) groups is 2. The molecule has 0 aromatic heterocycles. The number of hydrogen-bond acceptors (Lipinski definition) is 3. The summed E-state index contributed by atoms with van der Waals surface area (Å²) in [6.45, 7) is 0.503. The molecule has 108 valence electrons. The van der Waals surface area contributed by atoms with Crippen LogP contribution in [-0.2, 0) is 17.6 Å². The molecule has 0 heterocycles. The summed E-state index contributed by atoms with van der Waals surface area (Å²) in [5.74, 6) is -0.908. The number of carboxylic acid groups (broad SMARTS) is 1. The van der Waals surface area contributed by atoms with Crippen molar-refractivity contribution in [1.29, 1.82) is 0 Å². The third kappa shape index (κ3) is 3.81. The molecule has 0 bridgehead atoms. The first-order valence-electron chi connectivity index (χ1n) is 6.93. The van der Waals surface area contributed by atoms with Gasteiger partial charge in [0.25, 0.3) is 5.91 Å². The van der Waals surface area contributed by atoms with Crippen LogP contribution < -0.4 is 11.1 Å². The van der Waals surface area contributed by atoms with Crippen molar-refractivity contribution in [2.75, 3.05) is 6.54 Å². The molecule has 1 aromatic rings. The van der Waals surface area contributed by atoms with Crippen LogP contribution in [-0.4, -0.2) is 29.6 Å². The van der Waals surface area contributed by atoms with E-state index in [1.807, 2.05) is 18.2 Å². The number of benzene rings is 1. The van der Waals surface area contributed by atoms with Crippen LogP contribution in [0.4, 0.5) is 0 Å². The van der Waals surface area contributed by atoms with Crippen molar-refractivity contribution in [3.05, 3.63) is 34.9 Å². The molecular weight excluding hydrogens is 256 g/mol. The fraction of sp³-hybridized carbons (Fsp3) is 0.467. The van der Waals surface area contributed by atoms with Crippen molar-refractivity contribution in [3.8, 4) is 0 Å². The van der Waals surface area contributed by atoms with E-state index in [0.29, 0.717) is 24.9 Å². The third-order valence-electron chi connectivity index (χ3n) is 3.54. The highest BCUT2D eigenvalue weighted by Gasteiger charge is 2.19. The summed E-state index contributed by atoms with van der Waals surface area (Å²) in [5, 5.41) is 11.3. The van der Waals surface area contributed by atoms with Gasteiger partial charge in [-0.1, -0.05) is 6.07 Å². The molecule has 0 saturated heterocycles. The topological polar surface area (TPSA) is 92.4 Å². The number of aliphatic carboxylic acids is 1. The van der Waals surface area contributed by atoms with E-state index < -0.39 is 5.97 Å². The van der Waals surface area contributed by atoms with E-state index in [2.05, 4.69) is 5.32 Å². The molecule has 4 N–H and O–H groups in total. The average molecular weight is 276 g/mol. The molecule has 1 aromatic carbocycles. The molecule has 1 atom stereocenters. The van der Waals surface area contributed by atoms with E-state index >= 15 is 0 Å². The standard InChI is InChI=1S/C15H20N2O3/c16-13-8-10-4-5-11(7-12(10)9-13)15(20)17-6-2-1-3-14(18)19/h4-5,7,13H,1-3,6,8-9,16H2,(H,17,20)(H,18,19). The van der Waals surface area contributed by atoms with Gasteiger partial charge < -0.3 is 16.2 Å². The Hall–Kier alpha value is -1.88.